The summed E-state index contributed by atoms with van der Waals surface area (Å²) in [5, 5.41) is 0. The van der Waals surface area contributed by atoms with E-state index in [1.54, 1.807) is 18.2 Å². The Kier molecular flexibility index (Phi) is 8.38. The third-order valence-electron chi connectivity index (χ3n) is 10.5. The Labute approximate surface area is 248 Å². The lowest BCUT2D eigenvalue weighted by Gasteiger charge is -2.58. The summed E-state index contributed by atoms with van der Waals surface area (Å²) < 4.78 is 5.51. The molecule has 41 heavy (non-hydrogen) atoms. The lowest BCUT2D eigenvalue weighted by molar-refractivity contribution is 0.00274. The number of likely N-dealkylation sites (N-methyl/N-ethyl adjacent to an activating group) is 1. The molecule has 3 heteroatoms. The van der Waals surface area contributed by atoms with Gasteiger partial charge in [0.25, 0.3) is 0 Å². The maximum atomic E-state index is 5.51. The highest BCUT2D eigenvalue weighted by molar-refractivity contribution is 5.83. The molecule has 2 fully saturated rings. The van der Waals surface area contributed by atoms with Crippen molar-refractivity contribution >= 4 is 5.57 Å². The molecular formula is C38H48N2O. The van der Waals surface area contributed by atoms with Crippen LogP contribution in [0.1, 0.15) is 71.9 Å². The summed E-state index contributed by atoms with van der Waals surface area (Å²) in [5.74, 6) is 1.91. The molecule has 3 nitrogen and oxygen atoms in total. The maximum absolute atomic E-state index is 5.51. The standard InChI is InChI=1S/C20H23N.C18H25NO/c1-21(2)15-7-12-20-18-10-5-3-8-16(18)13-14-17-9-4-6-11-19(17)20;1-19-10-9-18-8-4-3-5-15(18)17(19)11-13-6-7-14(20-2)12-16(13)18/h3-6,8-12H,7,13-15H2,1-2H3;6-7,12,15,17H,3-5,8-11H2,1-2H3/t;15-,17+,18+/m.1/s1. The number of methoxy groups -OCH3 is 1. The summed E-state index contributed by atoms with van der Waals surface area (Å²) >= 11 is 0. The number of likely N-dealkylation sites (tertiary alicyclic amines) is 1. The molecule has 0 spiro atoms. The highest BCUT2D eigenvalue weighted by Gasteiger charge is 2.53. The zero-order chi connectivity index (χ0) is 28.4. The van der Waals surface area contributed by atoms with Crippen molar-refractivity contribution in [3.05, 3.63) is 106 Å². The largest absolute Gasteiger partial charge is 0.497 e. The Balaban J connectivity index is 0.000000148. The first-order valence-corrected chi connectivity index (χ1v) is 15.9. The van der Waals surface area contributed by atoms with Crippen molar-refractivity contribution in [2.24, 2.45) is 5.92 Å². The second-order valence-corrected chi connectivity index (χ2v) is 13.1. The van der Waals surface area contributed by atoms with Crippen molar-refractivity contribution < 1.29 is 4.74 Å². The molecule has 1 heterocycles. The highest BCUT2D eigenvalue weighted by atomic mass is 16.5. The summed E-state index contributed by atoms with van der Waals surface area (Å²) in [7, 11) is 8.39. The van der Waals surface area contributed by atoms with E-state index in [1.165, 1.54) is 72.9 Å². The Hall–Kier alpha value is -2.88. The molecule has 4 aliphatic rings. The van der Waals surface area contributed by atoms with Gasteiger partial charge in [-0.15, -0.1) is 0 Å². The molecule has 0 radical (unpaired) electrons. The third kappa shape index (κ3) is 5.51. The van der Waals surface area contributed by atoms with E-state index in [-0.39, 0.29) is 0 Å². The Bertz CT molecular complexity index is 1340. The first kappa shape index (κ1) is 28.2. The minimum absolute atomic E-state index is 0.456. The van der Waals surface area contributed by atoms with Gasteiger partial charge in [0.05, 0.1) is 7.11 Å². The summed E-state index contributed by atoms with van der Waals surface area (Å²) in [6, 6.07) is 25.3. The number of aryl methyl sites for hydroxylation is 2. The van der Waals surface area contributed by atoms with E-state index in [2.05, 4.69) is 104 Å². The van der Waals surface area contributed by atoms with Gasteiger partial charge in [0.2, 0.25) is 0 Å². The van der Waals surface area contributed by atoms with Gasteiger partial charge in [0.1, 0.15) is 5.75 Å². The number of nitrogens with zero attached hydrogens (tertiary/aromatic N) is 2. The highest BCUT2D eigenvalue weighted by Crippen LogP contribution is 2.55. The van der Waals surface area contributed by atoms with Crippen molar-refractivity contribution in [3.8, 4) is 5.75 Å². The van der Waals surface area contributed by atoms with Gasteiger partial charge in [-0.05, 0) is 130 Å². The van der Waals surface area contributed by atoms with Crippen LogP contribution in [-0.4, -0.2) is 57.2 Å². The van der Waals surface area contributed by atoms with Gasteiger partial charge < -0.3 is 14.5 Å². The van der Waals surface area contributed by atoms with Gasteiger partial charge in [0, 0.05) is 18.0 Å². The van der Waals surface area contributed by atoms with Gasteiger partial charge in [-0.1, -0.05) is 73.5 Å². The van der Waals surface area contributed by atoms with Gasteiger partial charge in [-0.2, -0.15) is 0 Å². The summed E-state index contributed by atoms with van der Waals surface area (Å²) in [6.45, 7) is 2.35. The molecule has 1 saturated heterocycles. The van der Waals surface area contributed by atoms with E-state index in [1.807, 2.05) is 0 Å². The van der Waals surface area contributed by atoms with Crippen LogP contribution in [0.4, 0.5) is 0 Å². The average molecular weight is 549 g/mol. The molecule has 3 aliphatic carbocycles. The van der Waals surface area contributed by atoms with E-state index < -0.39 is 0 Å². The molecule has 0 unspecified atom stereocenters. The topological polar surface area (TPSA) is 15.7 Å². The van der Waals surface area contributed by atoms with Gasteiger partial charge in [-0.25, -0.2) is 0 Å². The van der Waals surface area contributed by atoms with Crippen LogP contribution in [0.5, 0.6) is 5.75 Å². The van der Waals surface area contributed by atoms with Crippen LogP contribution in [0.2, 0.25) is 0 Å². The molecule has 1 saturated carbocycles. The molecule has 3 aromatic carbocycles. The minimum atomic E-state index is 0.456. The van der Waals surface area contributed by atoms with E-state index in [0.717, 1.165) is 43.5 Å². The Morgan fingerprint density at radius 1 is 0.902 bits per heavy atom. The molecule has 3 atom stereocenters. The quantitative estimate of drug-likeness (QED) is 0.335. The van der Waals surface area contributed by atoms with Gasteiger partial charge >= 0.3 is 0 Å². The van der Waals surface area contributed by atoms with E-state index in [9.17, 15) is 0 Å². The molecule has 7 rings (SSSR count). The summed E-state index contributed by atoms with van der Waals surface area (Å²) in [6.07, 6.45) is 14.0. The van der Waals surface area contributed by atoms with Crippen molar-refractivity contribution in [2.45, 2.75) is 69.2 Å². The van der Waals surface area contributed by atoms with Crippen molar-refractivity contribution in [1.29, 1.82) is 0 Å². The SMILES string of the molecule is CN(C)CCC=C1c2ccccc2CCc2ccccc21.COc1ccc2c(c1)[C@]13CCCC[C@@H]1[C@H](C2)N(C)CC3. The molecule has 216 valence electrons. The number of rotatable bonds is 4. The van der Waals surface area contributed by atoms with Gasteiger partial charge in [0.15, 0.2) is 0 Å². The predicted octanol–water partition coefficient (Wildman–Crippen LogP) is 7.55. The normalized spacial score (nSPS) is 24.6. The zero-order valence-corrected chi connectivity index (χ0v) is 25.7. The fraction of sp³-hybridized carbons (Fsp3) is 0.474. The van der Waals surface area contributed by atoms with Crippen LogP contribution in [0, 0.1) is 5.92 Å². The van der Waals surface area contributed by atoms with Crippen molar-refractivity contribution in [3.63, 3.8) is 0 Å². The molecule has 0 amide bonds. The second-order valence-electron chi connectivity index (χ2n) is 13.1. The van der Waals surface area contributed by atoms with Crippen LogP contribution in [-0.2, 0) is 24.7 Å². The zero-order valence-electron chi connectivity index (χ0n) is 25.7. The lowest BCUT2D eigenvalue weighted by Crippen LogP contribution is -2.59. The number of fused-ring (bicyclic) bond motifs is 3. The fourth-order valence-corrected chi connectivity index (χ4v) is 8.41. The molecule has 1 aliphatic heterocycles. The Morgan fingerprint density at radius 3 is 2.29 bits per heavy atom. The first-order chi connectivity index (χ1) is 20.0. The smallest absolute Gasteiger partial charge is 0.119 e. The first-order valence-electron chi connectivity index (χ1n) is 15.9. The fourth-order valence-electron chi connectivity index (χ4n) is 8.41. The molecule has 2 bridgehead atoms. The number of benzene rings is 3. The van der Waals surface area contributed by atoms with Crippen LogP contribution in [0.25, 0.3) is 5.57 Å². The van der Waals surface area contributed by atoms with E-state index in [0.29, 0.717) is 5.41 Å². The van der Waals surface area contributed by atoms with Crippen molar-refractivity contribution in [2.75, 3.05) is 41.3 Å². The molecular weight excluding hydrogens is 500 g/mol. The monoisotopic (exact) mass is 548 g/mol. The van der Waals surface area contributed by atoms with Gasteiger partial charge in [-0.3, -0.25) is 0 Å². The summed E-state index contributed by atoms with van der Waals surface area (Å²) in [4.78, 5) is 4.87. The molecule has 3 aromatic rings. The van der Waals surface area contributed by atoms with Crippen LogP contribution in [0.3, 0.4) is 0 Å². The number of ether oxygens (including phenoxy) is 1. The van der Waals surface area contributed by atoms with Crippen molar-refractivity contribution in [1.82, 2.24) is 9.80 Å². The van der Waals surface area contributed by atoms with Crippen LogP contribution in [0.15, 0.2) is 72.8 Å². The number of hydrogen-bond acceptors (Lipinski definition) is 3. The minimum Gasteiger partial charge on any atom is -0.497 e. The number of piperidine rings is 1. The van der Waals surface area contributed by atoms with E-state index >= 15 is 0 Å². The Morgan fingerprint density at radius 2 is 1.61 bits per heavy atom. The lowest BCUT2D eigenvalue weighted by atomic mass is 9.52. The molecule has 0 N–H and O–H groups in total. The third-order valence-corrected chi connectivity index (χ3v) is 10.5. The van der Waals surface area contributed by atoms with Crippen LogP contribution >= 0.6 is 0 Å². The summed E-state index contributed by atoms with van der Waals surface area (Å²) in [5.41, 5.74) is 10.9. The number of hydrogen-bond donors (Lipinski definition) is 0. The predicted molar refractivity (Wildman–Crippen MR) is 172 cm³/mol. The maximum Gasteiger partial charge on any atom is 0.119 e. The average Bonchev–Trinajstić information content (AvgIpc) is 3.16. The molecule has 0 aromatic heterocycles. The van der Waals surface area contributed by atoms with Crippen LogP contribution < -0.4 is 4.74 Å². The van der Waals surface area contributed by atoms with E-state index in [4.69, 9.17) is 4.74 Å². The second kappa shape index (κ2) is 12.2.